The quantitative estimate of drug-likeness (QED) is 0.795. The van der Waals surface area contributed by atoms with Crippen LogP contribution in [0.4, 0.5) is 10.1 Å². The molecule has 0 aliphatic rings. The van der Waals surface area contributed by atoms with Gasteiger partial charge in [0.1, 0.15) is 11.4 Å². The highest BCUT2D eigenvalue weighted by molar-refractivity contribution is 5.88. The third-order valence-corrected chi connectivity index (χ3v) is 3.68. The minimum atomic E-state index is -0.816. The van der Waals surface area contributed by atoms with E-state index in [0.29, 0.717) is 24.4 Å². The molecule has 1 aromatic rings. The number of carbonyl (C=O) groups is 1. The van der Waals surface area contributed by atoms with Gasteiger partial charge in [0.15, 0.2) is 0 Å². The maximum atomic E-state index is 13.2. The van der Waals surface area contributed by atoms with Crippen LogP contribution in [0.3, 0.4) is 0 Å². The summed E-state index contributed by atoms with van der Waals surface area (Å²) in [5.74, 6) is -0.351. The van der Waals surface area contributed by atoms with Crippen LogP contribution in [-0.4, -0.2) is 11.4 Å². The molecule has 3 nitrogen and oxygen atoms in total. The standard InChI is InChI=1S/C15H23FN2O/c1-4-11(3)10-15(5-2,14(17)19)18-13-8-6-7-12(16)9-13/h6-9,11,18H,4-5,10H2,1-3H3,(H2,17,19). The van der Waals surface area contributed by atoms with E-state index in [4.69, 9.17) is 5.73 Å². The molecule has 106 valence electrons. The molecule has 0 aliphatic carbocycles. The van der Waals surface area contributed by atoms with Crippen molar-refractivity contribution in [2.45, 2.75) is 45.6 Å². The van der Waals surface area contributed by atoms with Crippen LogP contribution in [0, 0.1) is 11.7 Å². The van der Waals surface area contributed by atoms with E-state index in [0.717, 1.165) is 6.42 Å². The Morgan fingerprint density at radius 1 is 1.47 bits per heavy atom. The van der Waals surface area contributed by atoms with Gasteiger partial charge in [0.25, 0.3) is 0 Å². The highest BCUT2D eigenvalue weighted by atomic mass is 19.1. The Bertz CT molecular complexity index is 436. The number of hydrogen-bond acceptors (Lipinski definition) is 2. The molecule has 1 rings (SSSR count). The van der Waals surface area contributed by atoms with Gasteiger partial charge >= 0.3 is 0 Å². The number of nitrogens with two attached hydrogens (primary N) is 1. The molecular weight excluding hydrogens is 243 g/mol. The third-order valence-electron chi connectivity index (χ3n) is 3.68. The Labute approximate surface area is 114 Å². The van der Waals surface area contributed by atoms with E-state index in [1.807, 2.05) is 6.92 Å². The maximum Gasteiger partial charge on any atom is 0.243 e. The van der Waals surface area contributed by atoms with Crippen LogP contribution in [0.1, 0.15) is 40.0 Å². The number of hydrogen-bond donors (Lipinski definition) is 2. The molecule has 3 N–H and O–H groups in total. The van der Waals surface area contributed by atoms with E-state index in [-0.39, 0.29) is 11.7 Å². The van der Waals surface area contributed by atoms with Gasteiger partial charge in [0.05, 0.1) is 0 Å². The number of nitrogens with one attached hydrogen (secondary N) is 1. The van der Waals surface area contributed by atoms with Crippen molar-refractivity contribution in [1.82, 2.24) is 0 Å². The molecule has 0 saturated carbocycles. The normalized spacial score (nSPS) is 15.6. The van der Waals surface area contributed by atoms with Gasteiger partial charge in [-0.3, -0.25) is 4.79 Å². The van der Waals surface area contributed by atoms with E-state index in [2.05, 4.69) is 19.2 Å². The van der Waals surface area contributed by atoms with Crippen molar-refractivity contribution in [3.63, 3.8) is 0 Å². The molecule has 2 unspecified atom stereocenters. The monoisotopic (exact) mass is 266 g/mol. The maximum absolute atomic E-state index is 13.2. The Kier molecular flexibility index (Phi) is 5.33. The Hall–Kier alpha value is -1.58. The molecule has 0 radical (unpaired) electrons. The number of amides is 1. The minimum Gasteiger partial charge on any atom is -0.371 e. The lowest BCUT2D eigenvalue weighted by Gasteiger charge is -2.34. The van der Waals surface area contributed by atoms with Crippen molar-refractivity contribution < 1.29 is 9.18 Å². The van der Waals surface area contributed by atoms with Gasteiger partial charge in [-0.25, -0.2) is 4.39 Å². The Morgan fingerprint density at radius 3 is 2.63 bits per heavy atom. The van der Waals surface area contributed by atoms with Gasteiger partial charge in [-0.05, 0) is 37.0 Å². The van der Waals surface area contributed by atoms with Crippen LogP contribution >= 0.6 is 0 Å². The lowest BCUT2D eigenvalue weighted by atomic mass is 9.83. The second kappa shape index (κ2) is 6.55. The minimum absolute atomic E-state index is 0.331. The fourth-order valence-corrected chi connectivity index (χ4v) is 2.20. The fraction of sp³-hybridized carbons (Fsp3) is 0.533. The number of halogens is 1. The number of carbonyl (C=O) groups excluding carboxylic acids is 1. The summed E-state index contributed by atoms with van der Waals surface area (Å²) < 4.78 is 13.2. The first-order chi connectivity index (χ1) is 8.93. The Morgan fingerprint density at radius 2 is 2.16 bits per heavy atom. The summed E-state index contributed by atoms with van der Waals surface area (Å²) in [6.45, 7) is 6.08. The van der Waals surface area contributed by atoms with Gasteiger partial charge < -0.3 is 11.1 Å². The lowest BCUT2D eigenvalue weighted by molar-refractivity contribution is -0.123. The molecule has 0 aromatic heterocycles. The van der Waals surface area contributed by atoms with Crippen LogP contribution in [0.5, 0.6) is 0 Å². The number of anilines is 1. The lowest BCUT2D eigenvalue weighted by Crippen LogP contribution is -2.51. The van der Waals surface area contributed by atoms with Gasteiger partial charge in [-0.1, -0.05) is 33.3 Å². The molecular formula is C15H23FN2O. The van der Waals surface area contributed by atoms with Crippen LogP contribution in [0.25, 0.3) is 0 Å². The SMILES string of the molecule is CCC(C)CC(CC)(Nc1cccc(F)c1)C(N)=O. The molecule has 19 heavy (non-hydrogen) atoms. The van der Waals surface area contributed by atoms with E-state index in [1.54, 1.807) is 12.1 Å². The molecule has 1 aromatic carbocycles. The van der Waals surface area contributed by atoms with Crippen LogP contribution in [-0.2, 0) is 4.79 Å². The van der Waals surface area contributed by atoms with Crippen molar-refractivity contribution in [3.8, 4) is 0 Å². The first-order valence-electron chi connectivity index (χ1n) is 6.77. The average molecular weight is 266 g/mol. The fourth-order valence-electron chi connectivity index (χ4n) is 2.20. The second-order valence-corrected chi connectivity index (χ2v) is 5.15. The summed E-state index contributed by atoms with van der Waals surface area (Å²) in [5, 5.41) is 3.13. The summed E-state index contributed by atoms with van der Waals surface area (Å²) in [4.78, 5) is 11.9. The summed E-state index contributed by atoms with van der Waals surface area (Å²) in [6, 6.07) is 6.11. The largest absolute Gasteiger partial charge is 0.371 e. The third kappa shape index (κ3) is 3.94. The number of primary amides is 1. The van der Waals surface area contributed by atoms with Crippen molar-refractivity contribution in [2.24, 2.45) is 11.7 Å². The summed E-state index contributed by atoms with van der Waals surface area (Å²) in [6.07, 6.45) is 2.19. The van der Waals surface area contributed by atoms with Crippen LogP contribution in [0.15, 0.2) is 24.3 Å². The van der Waals surface area contributed by atoms with Gasteiger partial charge in [0, 0.05) is 5.69 Å². The predicted molar refractivity (Wildman–Crippen MR) is 76.3 cm³/mol. The molecule has 0 bridgehead atoms. The molecule has 0 aliphatic heterocycles. The van der Waals surface area contributed by atoms with E-state index in [1.165, 1.54) is 12.1 Å². The van der Waals surface area contributed by atoms with Crippen molar-refractivity contribution in [1.29, 1.82) is 0 Å². The van der Waals surface area contributed by atoms with E-state index >= 15 is 0 Å². The number of benzene rings is 1. The van der Waals surface area contributed by atoms with Gasteiger partial charge in [0.2, 0.25) is 5.91 Å². The summed E-state index contributed by atoms with van der Waals surface area (Å²) in [5.41, 5.74) is 5.35. The van der Waals surface area contributed by atoms with Crippen LogP contribution in [0.2, 0.25) is 0 Å². The molecule has 0 fully saturated rings. The van der Waals surface area contributed by atoms with E-state index < -0.39 is 5.54 Å². The first kappa shape index (κ1) is 15.5. The highest BCUT2D eigenvalue weighted by Crippen LogP contribution is 2.27. The van der Waals surface area contributed by atoms with Crippen molar-refractivity contribution in [3.05, 3.63) is 30.1 Å². The highest BCUT2D eigenvalue weighted by Gasteiger charge is 2.35. The zero-order valence-electron chi connectivity index (χ0n) is 11.9. The van der Waals surface area contributed by atoms with Gasteiger partial charge in [-0.15, -0.1) is 0 Å². The zero-order valence-corrected chi connectivity index (χ0v) is 11.9. The molecule has 1 amide bonds. The van der Waals surface area contributed by atoms with E-state index in [9.17, 15) is 9.18 Å². The van der Waals surface area contributed by atoms with Crippen molar-refractivity contribution >= 4 is 11.6 Å². The van der Waals surface area contributed by atoms with Crippen LogP contribution < -0.4 is 11.1 Å². The molecule has 0 saturated heterocycles. The molecule has 4 heteroatoms. The number of rotatable bonds is 7. The van der Waals surface area contributed by atoms with Crippen molar-refractivity contribution in [2.75, 3.05) is 5.32 Å². The molecule has 0 spiro atoms. The smallest absolute Gasteiger partial charge is 0.243 e. The Balaban J connectivity index is 3.00. The predicted octanol–water partition coefficient (Wildman–Crippen LogP) is 3.31. The first-order valence-corrected chi connectivity index (χ1v) is 6.77. The second-order valence-electron chi connectivity index (χ2n) is 5.15. The summed E-state index contributed by atoms with van der Waals surface area (Å²) in [7, 11) is 0. The summed E-state index contributed by atoms with van der Waals surface area (Å²) >= 11 is 0. The van der Waals surface area contributed by atoms with Gasteiger partial charge in [-0.2, -0.15) is 0 Å². The molecule has 2 atom stereocenters. The topological polar surface area (TPSA) is 55.1 Å². The molecule has 0 heterocycles. The zero-order chi connectivity index (χ0) is 14.5. The average Bonchev–Trinajstić information content (AvgIpc) is 2.37.